The molecule has 0 aliphatic carbocycles. The zero-order valence-electron chi connectivity index (χ0n) is 15.1. The molecule has 0 saturated carbocycles. The molecule has 3 aromatic carbocycles. The highest BCUT2D eigenvalue weighted by molar-refractivity contribution is 9.10. The van der Waals surface area contributed by atoms with Crippen LogP contribution in [0.2, 0.25) is 0 Å². The maximum absolute atomic E-state index is 12.8. The van der Waals surface area contributed by atoms with Crippen LogP contribution >= 0.6 is 15.9 Å². The predicted molar refractivity (Wildman–Crippen MR) is 114 cm³/mol. The van der Waals surface area contributed by atoms with Crippen molar-refractivity contribution < 1.29 is 9.59 Å². The Kier molecular flexibility index (Phi) is 6.76. The Labute approximate surface area is 172 Å². The molecule has 4 nitrogen and oxygen atoms in total. The van der Waals surface area contributed by atoms with E-state index in [2.05, 4.69) is 26.6 Å². The van der Waals surface area contributed by atoms with Crippen LogP contribution in [0.4, 0.5) is 0 Å². The van der Waals surface area contributed by atoms with Crippen molar-refractivity contribution in [3.8, 4) is 0 Å². The number of hydrogen-bond donors (Lipinski definition) is 2. The van der Waals surface area contributed by atoms with Gasteiger partial charge >= 0.3 is 0 Å². The van der Waals surface area contributed by atoms with Crippen LogP contribution in [0.5, 0.6) is 0 Å². The maximum atomic E-state index is 12.8. The molecular weight excluding hydrogens is 416 g/mol. The molecule has 28 heavy (non-hydrogen) atoms. The van der Waals surface area contributed by atoms with Crippen molar-refractivity contribution >= 4 is 33.8 Å². The van der Waals surface area contributed by atoms with Crippen molar-refractivity contribution in [2.45, 2.75) is 6.54 Å². The van der Waals surface area contributed by atoms with E-state index in [0.29, 0.717) is 12.1 Å². The Bertz CT molecular complexity index is 969. The first-order chi connectivity index (χ1) is 13.6. The fourth-order valence-electron chi connectivity index (χ4n) is 2.54. The summed E-state index contributed by atoms with van der Waals surface area (Å²) in [7, 11) is 0. The molecule has 0 atom stereocenters. The summed E-state index contributed by atoms with van der Waals surface area (Å²) in [4.78, 5) is 25.3. The molecule has 140 valence electrons. The summed E-state index contributed by atoms with van der Waals surface area (Å²) in [5.74, 6) is -0.685. The van der Waals surface area contributed by atoms with Crippen molar-refractivity contribution in [2.75, 3.05) is 0 Å². The Balaban J connectivity index is 1.80. The van der Waals surface area contributed by atoms with Gasteiger partial charge in [0.15, 0.2) is 0 Å². The van der Waals surface area contributed by atoms with E-state index in [0.717, 1.165) is 15.6 Å². The van der Waals surface area contributed by atoms with Crippen LogP contribution in [0, 0.1) is 0 Å². The number of amides is 2. The van der Waals surface area contributed by atoms with Crippen LogP contribution in [0.1, 0.15) is 21.5 Å². The minimum atomic E-state index is -0.351. The monoisotopic (exact) mass is 434 g/mol. The molecule has 5 heteroatoms. The second-order valence-electron chi connectivity index (χ2n) is 6.10. The van der Waals surface area contributed by atoms with Crippen LogP contribution in [0.15, 0.2) is 95.1 Å². The van der Waals surface area contributed by atoms with Crippen LogP contribution in [0.3, 0.4) is 0 Å². The van der Waals surface area contributed by atoms with Gasteiger partial charge in [-0.05, 0) is 41.5 Å². The van der Waals surface area contributed by atoms with Crippen molar-refractivity contribution in [1.82, 2.24) is 10.6 Å². The summed E-state index contributed by atoms with van der Waals surface area (Å²) in [6.45, 7) is 0.374. The molecular formula is C23H19BrN2O2. The normalized spacial score (nSPS) is 11.0. The van der Waals surface area contributed by atoms with E-state index >= 15 is 0 Å². The highest BCUT2D eigenvalue weighted by Gasteiger charge is 2.14. The first kappa shape index (κ1) is 19.6. The van der Waals surface area contributed by atoms with Crippen LogP contribution in [-0.4, -0.2) is 11.8 Å². The van der Waals surface area contributed by atoms with Gasteiger partial charge in [-0.2, -0.15) is 0 Å². The molecule has 3 rings (SSSR count). The van der Waals surface area contributed by atoms with Gasteiger partial charge in [0.2, 0.25) is 0 Å². The van der Waals surface area contributed by atoms with E-state index in [9.17, 15) is 9.59 Å². The molecule has 0 aliphatic heterocycles. The average molecular weight is 435 g/mol. The Morgan fingerprint density at radius 2 is 1.43 bits per heavy atom. The third-order valence-corrected chi connectivity index (χ3v) is 4.53. The lowest BCUT2D eigenvalue weighted by Crippen LogP contribution is -2.34. The lowest BCUT2D eigenvalue weighted by molar-refractivity contribution is -0.117. The van der Waals surface area contributed by atoms with Crippen LogP contribution in [0.25, 0.3) is 6.08 Å². The van der Waals surface area contributed by atoms with Crippen LogP contribution < -0.4 is 10.6 Å². The molecule has 0 spiro atoms. The van der Waals surface area contributed by atoms with Gasteiger partial charge in [0.05, 0.1) is 0 Å². The maximum Gasteiger partial charge on any atom is 0.268 e. The zero-order valence-corrected chi connectivity index (χ0v) is 16.6. The summed E-state index contributed by atoms with van der Waals surface area (Å²) in [5, 5.41) is 5.59. The number of carbonyl (C=O) groups excluding carboxylic acids is 2. The summed E-state index contributed by atoms with van der Waals surface area (Å²) in [6, 6.07) is 25.9. The smallest absolute Gasteiger partial charge is 0.268 e. The molecule has 0 saturated heterocycles. The molecule has 2 amide bonds. The Morgan fingerprint density at radius 1 is 0.821 bits per heavy atom. The second-order valence-corrected chi connectivity index (χ2v) is 7.01. The summed E-state index contributed by atoms with van der Waals surface area (Å²) < 4.78 is 0.938. The van der Waals surface area contributed by atoms with Gasteiger partial charge in [-0.1, -0.05) is 76.6 Å². The molecule has 2 N–H and O–H groups in total. The molecule has 0 aromatic heterocycles. The summed E-state index contributed by atoms with van der Waals surface area (Å²) in [6.07, 6.45) is 1.66. The SMILES string of the molecule is O=C(NCc1ccccc1)/C(=C/c1ccc(Br)cc1)NC(=O)c1ccccc1. The summed E-state index contributed by atoms with van der Waals surface area (Å²) in [5.41, 5.74) is 2.46. The van der Waals surface area contributed by atoms with Crippen LogP contribution in [-0.2, 0) is 11.3 Å². The highest BCUT2D eigenvalue weighted by atomic mass is 79.9. The van der Waals surface area contributed by atoms with E-state index < -0.39 is 0 Å². The first-order valence-electron chi connectivity index (χ1n) is 8.77. The van der Waals surface area contributed by atoms with E-state index in [1.165, 1.54) is 0 Å². The molecule has 0 bridgehead atoms. The third kappa shape index (κ3) is 5.66. The van der Waals surface area contributed by atoms with Gasteiger partial charge in [0, 0.05) is 16.6 Å². The molecule has 0 aliphatic rings. The van der Waals surface area contributed by atoms with E-state index in [-0.39, 0.29) is 17.5 Å². The summed E-state index contributed by atoms with van der Waals surface area (Å²) >= 11 is 3.39. The molecule has 0 heterocycles. The Hall–Kier alpha value is -3.18. The highest BCUT2D eigenvalue weighted by Crippen LogP contribution is 2.13. The van der Waals surface area contributed by atoms with Gasteiger partial charge in [-0.3, -0.25) is 9.59 Å². The fraction of sp³-hybridized carbons (Fsp3) is 0.0435. The van der Waals surface area contributed by atoms with E-state index in [1.807, 2.05) is 60.7 Å². The minimum absolute atomic E-state index is 0.187. The first-order valence-corrected chi connectivity index (χ1v) is 9.57. The lowest BCUT2D eigenvalue weighted by Gasteiger charge is -2.11. The van der Waals surface area contributed by atoms with Crippen molar-refractivity contribution in [3.63, 3.8) is 0 Å². The van der Waals surface area contributed by atoms with E-state index in [4.69, 9.17) is 0 Å². The number of nitrogens with one attached hydrogen (secondary N) is 2. The number of carbonyl (C=O) groups is 2. The zero-order chi connectivity index (χ0) is 19.8. The molecule has 3 aromatic rings. The van der Waals surface area contributed by atoms with Gasteiger partial charge < -0.3 is 10.6 Å². The number of rotatable bonds is 6. The van der Waals surface area contributed by atoms with Crippen molar-refractivity contribution in [2.24, 2.45) is 0 Å². The molecule has 0 radical (unpaired) electrons. The van der Waals surface area contributed by atoms with Crippen molar-refractivity contribution in [1.29, 1.82) is 0 Å². The number of halogens is 1. The topological polar surface area (TPSA) is 58.2 Å². The number of hydrogen-bond acceptors (Lipinski definition) is 2. The third-order valence-electron chi connectivity index (χ3n) is 4.01. The fourth-order valence-corrected chi connectivity index (χ4v) is 2.81. The van der Waals surface area contributed by atoms with Gasteiger partial charge in [-0.15, -0.1) is 0 Å². The lowest BCUT2D eigenvalue weighted by atomic mass is 10.1. The predicted octanol–water partition coefficient (Wildman–Crippen LogP) is 4.54. The number of benzene rings is 3. The van der Waals surface area contributed by atoms with E-state index in [1.54, 1.807) is 30.3 Å². The largest absolute Gasteiger partial charge is 0.347 e. The quantitative estimate of drug-likeness (QED) is 0.559. The second kappa shape index (κ2) is 9.67. The van der Waals surface area contributed by atoms with Gasteiger partial charge in [-0.25, -0.2) is 0 Å². The minimum Gasteiger partial charge on any atom is -0.347 e. The van der Waals surface area contributed by atoms with Gasteiger partial charge in [0.25, 0.3) is 11.8 Å². The van der Waals surface area contributed by atoms with Gasteiger partial charge in [0.1, 0.15) is 5.70 Å². The molecule has 0 fully saturated rings. The Morgan fingerprint density at radius 3 is 2.07 bits per heavy atom. The van der Waals surface area contributed by atoms with Crippen molar-refractivity contribution in [3.05, 3.63) is 112 Å². The standard InChI is InChI=1S/C23H19BrN2O2/c24-20-13-11-17(12-14-20)15-21(26-22(27)19-9-5-2-6-10-19)23(28)25-16-18-7-3-1-4-8-18/h1-15H,16H2,(H,25,28)(H,26,27)/b21-15-. The average Bonchev–Trinajstić information content (AvgIpc) is 2.74. The molecule has 0 unspecified atom stereocenters.